The monoisotopic (exact) mass is 416 g/mol. The largest absolute Gasteiger partial charge is 0.444 e. The number of alkyl carbamates (subject to hydrolysis) is 1. The number of benzene rings is 1. The second kappa shape index (κ2) is 9.04. The van der Waals surface area contributed by atoms with Gasteiger partial charge < -0.3 is 25.2 Å². The number of para-hydroxylation sites is 1. The van der Waals surface area contributed by atoms with E-state index < -0.39 is 23.8 Å². The van der Waals surface area contributed by atoms with E-state index in [9.17, 15) is 14.4 Å². The van der Waals surface area contributed by atoms with Gasteiger partial charge in [0.2, 0.25) is 11.8 Å². The summed E-state index contributed by atoms with van der Waals surface area (Å²) in [5, 5.41) is 5.91. The van der Waals surface area contributed by atoms with Crippen LogP contribution < -0.4 is 15.5 Å². The van der Waals surface area contributed by atoms with E-state index in [1.165, 1.54) is 0 Å². The fourth-order valence-corrected chi connectivity index (χ4v) is 4.09. The fraction of sp³-hybridized carbons (Fsp3) is 0.591. The lowest BCUT2D eigenvalue weighted by atomic mass is 10.1. The summed E-state index contributed by atoms with van der Waals surface area (Å²) in [6.45, 7) is 6.34. The zero-order valence-electron chi connectivity index (χ0n) is 18.2. The molecule has 0 aliphatic carbocycles. The number of carbonyl (C=O) groups excluding carboxylic acids is 3. The number of ether oxygens (including phenoxy) is 1. The van der Waals surface area contributed by atoms with Crippen LogP contribution in [0.4, 0.5) is 10.5 Å². The summed E-state index contributed by atoms with van der Waals surface area (Å²) in [7, 11) is 1.73. The van der Waals surface area contributed by atoms with Crippen LogP contribution in [-0.2, 0) is 14.3 Å². The first-order valence-electron chi connectivity index (χ1n) is 10.5. The van der Waals surface area contributed by atoms with Crippen molar-refractivity contribution in [2.45, 2.75) is 63.8 Å². The predicted molar refractivity (Wildman–Crippen MR) is 114 cm³/mol. The zero-order valence-corrected chi connectivity index (χ0v) is 18.2. The molecule has 8 heteroatoms. The summed E-state index contributed by atoms with van der Waals surface area (Å²) < 4.78 is 5.32. The van der Waals surface area contributed by atoms with Gasteiger partial charge in [0.25, 0.3) is 0 Å². The van der Waals surface area contributed by atoms with Gasteiger partial charge in [0, 0.05) is 25.3 Å². The Bertz CT molecular complexity index is 777. The highest BCUT2D eigenvalue weighted by Crippen LogP contribution is 2.30. The summed E-state index contributed by atoms with van der Waals surface area (Å²) in [6, 6.07) is 8.06. The van der Waals surface area contributed by atoms with E-state index >= 15 is 0 Å². The Morgan fingerprint density at radius 2 is 1.87 bits per heavy atom. The van der Waals surface area contributed by atoms with Gasteiger partial charge in [0.05, 0.1) is 0 Å². The van der Waals surface area contributed by atoms with E-state index in [-0.39, 0.29) is 17.9 Å². The minimum Gasteiger partial charge on any atom is -0.444 e. The molecule has 164 valence electrons. The molecule has 3 amide bonds. The molecule has 2 heterocycles. The number of fused-ring (bicyclic) bond motifs is 1. The number of rotatable bonds is 3. The van der Waals surface area contributed by atoms with E-state index in [4.69, 9.17) is 4.74 Å². The minimum absolute atomic E-state index is 0.0219. The quantitative estimate of drug-likeness (QED) is 0.785. The third-order valence-corrected chi connectivity index (χ3v) is 5.51. The number of hydrogen-bond donors (Lipinski definition) is 2. The molecule has 3 atom stereocenters. The van der Waals surface area contributed by atoms with Gasteiger partial charge in [-0.05, 0) is 58.7 Å². The van der Waals surface area contributed by atoms with Crippen molar-refractivity contribution >= 4 is 23.6 Å². The fourth-order valence-electron chi connectivity index (χ4n) is 4.09. The van der Waals surface area contributed by atoms with E-state index in [1.54, 1.807) is 37.6 Å². The second-order valence-corrected chi connectivity index (χ2v) is 8.92. The molecular formula is C22H32N4O4. The van der Waals surface area contributed by atoms with Crippen molar-refractivity contribution in [3.63, 3.8) is 0 Å². The molecule has 0 saturated carbocycles. The number of anilines is 1. The maximum atomic E-state index is 13.4. The third kappa shape index (κ3) is 5.11. The molecule has 2 saturated heterocycles. The van der Waals surface area contributed by atoms with Crippen molar-refractivity contribution in [1.29, 1.82) is 0 Å². The average molecular weight is 417 g/mol. The van der Waals surface area contributed by atoms with Crippen LogP contribution in [0.25, 0.3) is 0 Å². The number of carbonyl (C=O) groups is 3. The number of amides is 3. The van der Waals surface area contributed by atoms with Crippen LogP contribution in [0.1, 0.15) is 40.0 Å². The molecule has 0 aromatic heterocycles. The van der Waals surface area contributed by atoms with Crippen molar-refractivity contribution in [3.05, 3.63) is 30.3 Å². The standard InChI is InChI=1S/C22H32N4O4/c1-22(2,3)30-21(29)24-17-14-23-13-12-16-10-11-18(26(16)19(17)27)20(28)25(4)15-8-6-5-7-9-15/h5-9,16-18,23H,10-14H2,1-4H3,(H,24,29)/t16-,17+,18+/m1/s1. The van der Waals surface area contributed by atoms with Crippen LogP contribution in [0.2, 0.25) is 0 Å². The molecule has 1 aromatic carbocycles. The van der Waals surface area contributed by atoms with Gasteiger partial charge in [-0.3, -0.25) is 9.59 Å². The first-order chi connectivity index (χ1) is 14.2. The summed E-state index contributed by atoms with van der Waals surface area (Å²) in [6.07, 6.45) is 1.53. The highest BCUT2D eigenvalue weighted by atomic mass is 16.6. The number of nitrogens with one attached hydrogen (secondary N) is 2. The van der Waals surface area contributed by atoms with E-state index in [1.807, 2.05) is 30.3 Å². The molecule has 8 nitrogen and oxygen atoms in total. The molecule has 30 heavy (non-hydrogen) atoms. The zero-order chi connectivity index (χ0) is 21.9. The summed E-state index contributed by atoms with van der Waals surface area (Å²) in [4.78, 5) is 42.2. The van der Waals surface area contributed by atoms with Crippen molar-refractivity contribution in [2.75, 3.05) is 25.0 Å². The normalized spacial score (nSPS) is 24.5. The van der Waals surface area contributed by atoms with Gasteiger partial charge in [0.1, 0.15) is 17.7 Å². The maximum absolute atomic E-state index is 13.4. The Morgan fingerprint density at radius 1 is 1.17 bits per heavy atom. The van der Waals surface area contributed by atoms with Crippen molar-refractivity contribution in [3.8, 4) is 0 Å². The van der Waals surface area contributed by atoms with Crippen LogP contribution >= 0.6 is 0 Å². The van der Waals surface area contributed by atoms with Crippen LogP contribution in [0.15, 0.2) is 30.3 Å². The Morgan fingerprint density at radius 3 is 2.53 bits per heavy atom. The highest BCUT2D eigenvalue weighted by molar-refractivity contribution is 6.00. The van der Waals surface area contributed by atoms with Gasteiger partial charge in [-0.15, -0.1) is 0 Å². The van der Waals surface area contributed by atoms with Crippen molar-refractivity contribution in [2.24, 2.45) is 0 Å². The third-order valence-electron chi connectivity index (χ3n) is 5.51. The lowest BCUT2D eigenvalue weighted by Crippen LogP contribution is -2.60. The molecule has 0 bridgehead atoms. The molecule has 0 spiro atoms. The van der Waals surface area contributed by atoms with Gasteiger partial charge >= 0.3 is 6.09 Å². The van der Waals surface area contributed by atoms with E-state index in [0.717, 1.165) is 25.1 Å². The summed E-state index contributed by atoms with van der Waals surface area (Å²) >= 11 is 0. The van der Waals surface area contributed by atoms with Gasteiger partial charge in [0.15, 0.2) is 0 Å². The lowest BCUT2D eigenvalue weighted by Gasteiger charge is -2.36. The van der Waals surface area contributed by atoms with Gasteiger partial charge in [-0.25, -0.2) is 4.79 Å². The number of nitrogens with zero attached hydrogens (tertiary/aromatic N) is 2. The van der Waals surface area contributed by atoms with Crippen LogP contribution in [0.3, 0.4) is 0 Å². The van der Waals surface area contributed by atoms with Crippen molar-refractivity contribution < 1.29 is 19.1 Å². The predicted octanol–water partition coefficient (Wildman–Crippen LogP) is 1.90. The average Bonchev–Trinajstić information content (AvgIpc) is 3.10. The Hall–Kier alpha value is -2.61. The Kier molecular flexibility index (Phi) is 6.65. The highest BCUT2D eigenvalue weighted by Gasteiger charge is 2.45. The molecule has 0 radical (unpaired) electrons. The second-order valence-electron chi connectivity index (χ2n) is 8.92. The lowest BCUT2D eigenvalue weighted by molar-refractivity contribution is -0.141. The van der Waals surface area contributed by atoms with Gasteiger partial charge in [-0.2, -0.15) is 0 Å². The summed E-state index contributed by atoms with van der Waals surface area (Å²) in [5.74, 6) is -0.350. The Balaban J connectivity index is 1.77. The smallest absolute Gasteiger partial charge is 0.408 e. The SMILES string of the molecule is CN(C(=O)[C@@H]1CC[C@@H]2CCNC[C@H](NC(=O)OC(C)(C)C)C(=O)N21)c1ccccc1. The molecule has 2 aliphatic heterocycles. The molecule has 0 unspecified atom stereocenters. The maximum Gasteiger partial charge on any atom is 0.408 e. The van der Waals surface area contributed by atoms with Crippen molar-refractivity contribution in [1.82, 2.24) is 15.5 Å². The molecule has 2 fully saturated rings. The van der Waals surface area contributed by atoms with Crippen LogP contribution in [-0.4, -0.2) is 66.7 Å². The Labute approximate surface area is 177 Å². The minimum atomic E-state index is -0.780. The molecule has 2 aliphatic rings. The number of hydrogen-bond acceptors (Lipinski definition) is 5. The molecule has 1 aromatic rings. The van der Waals surface area contributed by atoms with Gasteiger partial charge in [-0.1, -0.05) is 18.2 Å². The summed E-state index contributed by atoms with van der Waals surface area (Å²) in [5.41, 5.74) is 0.130. The first kappa shape index (κ1) is 22.1. The molecule has 3 rings (SSSR count). The first-order valence-corrected chi connectivity index (χ1v) is 10.5. The van der Waals surface area contributed by atoms with E-state index in [2.05, 4.69) is 10.6 Å². The number of likely N-dealkylation sites (N-methyl/N-ethyl adjacent to an activating group) is 1. The molecular weight excluding hydrogens is 384 g/mol. The van der Waals surface area contributed by atoms with E-state index in [0.29, 0.717) is 13.0 Å². The van der Waals surface area contributed by atoms with Crippen LogP contribution in [0.5, 0.6) is 0 Å². The van der Waals surface area contributed by atoms with Crippen LogP contribution in [0, 0.1) is 0 Å². The molecule has 2 N–H and O–H groups in total. The topological polar surface area (TPSA) is 91.0 Å².